The second-order valence-electron chi connectivity index (χ2n) is 8.92. The van der Waals surface area contributed by atoms with E-state index in [9.17, 15) is 13.2 Å². The summed E-state index contributed by atoms with van der Waals surface area (Å²) in [6.45, 7) is 0.577. The maximum atomic E-state index is 14.7. The first-order chi connectivity index (χ1) is 16.4. The van der Waals surface area contributed by atoms with E-state index in [0.29, 0.717) is 36.2 Å². The third-order valence-electron chi connectivity index (χ3n) is 6.73. The van der Waals surface area contributed by atoms with Gasteiger partial charge < -0.3 is 15.8 Å². The van der Waals surface area contributed by atoms with Crippen LogP contribution in [0, 0.1) is 23.4 Å². The fraction of sp³-hybridized carbons (Fsp3) is 0.370. The molecule has 1 fully saturated rings. The predicted octanol–water partition coefficient (Wildman–Crippen LogP) is 5.39. The molecule has 3 aromatic rings. The topological polar surface area (TPSA) is 60.2 Å². The van der Waals surface area contributed by atoms with Gasteiger partial charge in [0.2, 0.25) is 0 Å². The van der Waals surface area contributed by atoms with Crippen LogP contribution in [0.25, 0.3) is 17.0 Å². The van der Waals surface area contributed by atoms with E-state index in [1.165, 1.54) is 12.3 Å². The Labute approximate surface area is 198 Å². The number of methoxy groups -OCH3 is 1. The van der Waals surface area contributed by atoms with Gasteiger partial charge in [0.05, 0.1) is 18.8 Å². The van der Waals surface area contributed by atoms with Crippen molar-refractivity contribution >= 4 is 17.0 Å². The molecule has 2 aromatic carbocycles. The molecular weight excluding hydrogens is 439 g/mol. The SMILES string of the molecule is COc1ccc2ncc(F)c(C[C@H](N)C3CCC(NC/C=C/c4cc(F)ccc4F)CC3)c2c1. The number of nitrogens with zero attached hydrogens (tertiary/aromatic N) is 1. The fourth-order valence-electron chi connectivity index (χ4n) is 4.75. The molecule has 34 heavy (non-hydrogen) atoms. The van der Waals surface area contributed by atoms with Crippen LogP contribution >= 0.6 is 0 Å². The molecule has 0 unspecified atom stereocenters. The number of hydrogen-bond donors (Lipinski definition) is 2. The Bertz CT molecular complexity index is 1160. The van der Waals surface area contributed by atoms with Gasteiger partial charge in [-0.2, -0.15) is 0 Å². The van der Waals surface area contributed by atoms with Crippen LogP contribution in [-0.2, 0) is 6.42 Å². The zero-order chi connectivity index (χ0) is 24.1. The highest BCUT2D eigenvalue weighted by Crippen LogP contribution is 2.30. The Morgan fingerprint density at radius 1 is 1.09 bits per heavy atom. The van der Waals surface area contributed by atoms with Crippen LogP contribution in [0.2, 0.25) is 0 Å². The molecule has 0 aliphatic heterocycles. The van der Waals surface area contributed by atoms with Crippen LogP contribution in [-0.4, -0.2) is 30.7 Å². The molecule has 1 heterocycles. The largest absolute Gasteiger partial charge is 0.497 e. The summed E-state index contributed by atoms with van der Waals surface area (Å²) in [6.07, 6.45) is 8.95. The number of ether oxygens (including phenoxy) is 1. The summed E-state index contributed by atoms with van der Waals surface area (Å²) >= 11 is 0. The second-order valence-corrected chi connectivity index (χ2v) is 8.92. The molecule has 7 heteroatoms. The normalized spacial score (nSPS) is 19.6. The number of hydrogen-bond acceptors (Lipinski definition) is 4. The van der Waals surface area contributed by atoms with Crippen molar-refractivity contribution in [2.45, 2.75) is 44.2 Å². The number of halogens is 3. The van der Waals surface area contributed by atoms with Crippen LogP contribution in [0.3, 0.4) is 0 Å². The first kappa shape index (κ1) is 24.2. The molecule has 0 bridgehead atoms. The molecule has 1 atom stereocenters. The number of nitrogens with two attached hydrogens (primary N) is 1. The summed E-state index contributed by atoms with van der Waals surface area (Å²) in [4.78, 5) is 4.19. The van der Waals surface area contributed by atoms with Gasteiger partial charge in [0, 0.05) is 35.1 Å². The molecule has 0 saturated heterocycles. The average molecular weight is 470 g/mol. The molecular formula is C27H30F3N3O. The number of aromatic nitrogens is 1. The molecule has 4 nitrogen and oxygen atoms in total. The number of nitrogens with one attached hydrogen (secondary N) is 1. The Balaban J connectivity index is 1.30. The first-order valence-corrected chi connectivity index (χ1v) is 11.7. The van der Waals surface area contributed by atoms with Crippen molar-refractivity contribution in [3.63, 3.8) is 0 Å². The minimum atomic E-state index is -0.456. The van der Waals surface area contributed by atoms with Crippen molar-refractivity contribution in [1.29, 1.82) is 0 Å². The quantitative estimate of drug-likeness (QED) is 0.464. The van der Waals surface area contributed by atoms with Crippen LogP contribution in [0.15, 0.2) is 48.7 Å². The number of benzene rings is 2. The molecule has 4 rings (SSSR count). The molecule has 180 valence electrons. The molecule has 1 aromatic heterocycles. The van der Waals surface area contributed by atoms with E-state index in [2.05, 4.69) is 10.3 Å². The van der Waals surface area contributed by atoms with Gasteiger partial charge in [0.25, 0.3) is 0 Å². The van der Waals surface area contributed by atoms with Crippen molar-refractivity contribution in [1.82, 2.24) is 10.3 Å². The van der Waals surface area contributed by atoms with Gasteiger partial charge in [-0.15, -0.1) is 0 Å². The standard InChI is InChI=1S/C27H30F3N3O/c1-34-21-9-11-27-23(14-21)22(25(30)16-33-27)15-26(31)17-4-7-20(8-5-17)32-12-2-3-18-13-19(28)6-10-24(18)29/h2-3,6,9-11,13-14,16-17,20,26,32H,4-5,7-8,12,15,31H2,1H3/b3-2+/t17?,20?,26-/m0/s1. The van der Waals surface area contributed by atoms with E-state index in [4.69, 9.17) is 10.5 Å². The van der Waals surface area contributed by atoms with Gasteiger partial charge >= 0.3 is 0 Å². The Hall–Kier alpha value is -2.90. The van der Waals surface area contributed by atoms with E-state index in [1.807, 2.05) is 18.2 Å². The molecule has 3 N–H and O–H groups in total. The van der Waals surface area contributed by atoms with Crippen molar-refractivity contribution in [3.05, 3.63) is 77.2 Å². The fourth-order valence-corrected chi connectivity index (χ4v) is 4.75. The summed E-state index contributed by atoms with van der Waals surface area (Å²) in [5.41, 5.74) is 8.11. The van der Waals surface area contributed by atoms with Gasteiger partial charge in [0.15, 0.2) is 0 Å². The summed E-state index contributed by atoms with van der Waals surface area (Å²) in [7, 11) is 1.58. The zero-order valence-corrected chi connectivity index (χ0v) is 19.2. The third kappa shape index (κ3) is 5.77. The molecule has 1 saturated carbocycles. The van der Waals surface area contributed by atoms with Crippen molar-refractivity contribution in [2.75, 3.05) is 13.7 Å². The Morgan fingerprint density at radius 3 is 2.65 bits per heavy atom. The van der Waals surface area contributed by atoms with Crippen molar-refractivity contribution in [2.24, 2.45) is 11.7 Å². The van der Waals surface area contributed by atoms with Crippen molar-refractivity contribution in [3.8, 4) is 5.75 Å². The monoisotopic (exact) mass is 469 g/mol. The highest BCUT2D eigenvalue weighted by Gasteiger charge is 2.26. The summed E-state index contributed by atoms with van der Waals surface area (Å²) in [5, 5.41) is 4.20. The van der Waals surface area contributed by atoms with E-state index < -0.39 is 11.6 Å². The average Bonchev–Trinajstić information content (AvgIpc) is 2.85. The van der Waals surface area contributed by atoms with Crippen molar-refractivity contribution < 1.29 is 17.9 Å². The zero-order valence-electron chi connectivity index (χ0n) is 19.2. The number of pyridine rings is 1. The van der Waals surface area contributed by atoms with Crippen LogP contribution in [0.1, 0.15) is 36.8 Å². The van der Waals surface area contributed by atoms with Crippen LogP contribution < -0.4 is 15.8 Å². The number of fused-ring (bicyclic) bond motifs is 1. The molecule has 1 aliphatic carbocycles. The lowest BCUT2D eigenvalue weighted by atomic mass is 9.79. The molecule has 0 radical (unpaired) electrons. The lowest BCUT2D eigenvalue weighted by molar-refractivity contribution is 0.260. The van der Waals surface area contributed by atoms with Gasteiger partial charge in [-0.3, -0.25) is 4.98 Å². The lowest BCUT2D eigenvalue weighted by Gasteiger charge is -2.32. The predicted molar refractivity (Wildman–Crippen MR) is 129 cm³/mol. The van der Waals surface area contributed by atoms with Gasteiger partial charge in [-0.1, -0.05) is 12.2 Å². The third-order valence-corrected chi connectivity index (χ3v) is 6.73. The van der Waals surface area contributed by atoms with E-state index >= 15 is 0 Å². The minimum absolute atomic E-state index is 0.150. The van der Waals surface area contributed by atoms with Crippen LogP contribution in [0.4, 0.5) is 13.2 Å². The van der Waals surface area contributed by atoms with E-state index in [-0.39, 0.29) is 17.4 Å². The molecule has 1 aliphatic rings. The van der Waals surface area contributed by atoms with E-state index in [0.717, 1.165) is 48.7 Å². The molecule has 0 spiro atoms. The maximum Gasteiger partial charge on any atom is 0.145 e. The Kier molecular flexibility index (Phi) is 7.85. The number of rotatable bonds is 8. The lowest BCUT2D eigenvalue weighted by Crippen LogP contribution is -2.40. The highest BCUT2D eigenvalue weighted by atomic mass is 19.1. The van der Waals surface area contributed by atoms with Gasteiger partial charge in [-0.05, 0) is 74.4 Å². The minimum Gasteiger partial charge on any atom is -0.497 e. The first-order valence-electron chi connectivity index (χ1n) is 11.7. The second kappa shape index (κ2) is 11.0. The highest BCUT2D eigenvalue weighted by molar-refractivity contribution is 5.83. The summed E-state index contributed by atoms with van der Waals surface area (Å²) in [5.74, 6) is -0.266. The van der Waals surface area contributed by atoms with Gasteiger partial charge in [0.1, 0.15) is 23.2 Å². The summed E-state index contributed by atoms with van der Waals surface area (Å²) in [6, 6.07) is 9.07. The Morgan fingerprint density at radius 2 is 1.88 bits per heavy atom. The van der Waals surface area contributed by atoms with E-state index in [1.54, 1.807) is 19.3 Å². The maximum absolute atomic E-state index is 14.7. The van der Waals surface area contributed by atoms with Gasteiger partial charge in [-0.25, -0.2) is 13.2 Å². The van der Waals surface area contributed by atoms with Crippen LogP contribution in [0.5, 0.6) is 5.75 Å². The molecule has 0 amide bonds. The smallest absolute Gasteiger partial charge is 0.145 e. The summed E-state index contributed by atoms with van der Waals surface area (Å²) < 4.78 is 46.9.